The van der Waals surface area contributed by atoms with Gasteiger partial charge in [0.1, 0.15) is 11.7 Å². The average molecular weight is 461 g/mol. The number of methoxy groups -OCH3 is 3. The summed E-state index contributed by atoms with van der Waals surface area (Å²) in [5.74, 6) is 1.93. The Kier molecular flexibility index (Phi) is 5.75. The largest absolute Gasteiger partial charge is 0.493 e. The lowest BCUT2D eigenvalue weighted by atomic mass is 9.79. The summed E-state index contributed by atoms with van der Waals surface area (Å²) in [6.45, 7) is 11.3. The highest BCUT2D eigenvalue weighted by molar-refractivity contribution is 6.74. The predicted octanol–water partition coefficient (Wildman–Crippen LogP) is 4.93. The Morgan fingerprint density at radius 1 is 1.06 bits per heavy atom. The fraction of sp³-hybridized carbons (Fsp3) is 0.640. The van der Waals surface area contributed by atoms with Crippen molar-refractivity contribution in [1.29, 1.82) is 0 Å². The van der Waals surface area contributed by atoms with E-state index in [4.69, 9.17) is 23.4 Å². The Bertz CT molecular complexity index is 960. The van der Waals surface area contributed by atoms with Crippen molar-refractivity contribution in [3.8, 4) is 17.2 Å². The van der Waals surface area contributed by atoms with Crippen LogP contribution in [-0.2, 0) is 26.0 Å². The van der Waals surface area contributed by atoms with Crippen molar-refractivity contribution in [2.45, 2.75) is 82.4 Å². The summed E-state index contributed by atoms with van der Waals surface area (Å²) in [7, 11) is 2.83. The highest BCUT2D eigenvalue weighted by Crippen LogP contribution is 2.58. The van der Waals surface area contributed by atoms with Crippen LogP contribution in [0.1, 0.15) is 51.2 Å². The highest BCUT2D eigenvalue weighted by Gasteiger charge is 2.56. The summed E-state index contributed by atoms with van der Waals surface area (Å²) >= 11 is 0. The van der Waals surface area contributed by atoms with Crippen molar-refractivity contribution in [3.63, 3.8) is 0 Å². The zero-order valence-electron chi connectivity index (χ0n) is 20.6. The van der Waals surface area contributed by atoms with Crippen LogP contribution in [0, 0.1) is 0 Å². The molecule has 3 aliphatic rings. The summed E-state index contributed by atoms with van der Waals surface area (Å²) in [5, 5.41) is 0.0777. The molecule has 0 N–H and O–H groups in total. The van der Waals surface area contributed by atoms with E-state index in [0.717, 1.165) is 29.5 Å². The van der Waals surface area contributed by atoms with Crippen LogP contribution in [0.5, 0.6) is 17.2 Å². The fourth-order valence-corrected chi connectivity index (χ4v) is 6.37. The van der Waals surface area contributed by atoms with Gasteiger partial charge in [-0.25, -0.2) is 0 Å². The van der Waals surface area contributed by atoms with Crippen molar-refractivity contribution >= 4 is 14.1 Å². The Morgan fingerprint density at radius 2 is 1.75 bits per heavy atom. The fourth-order valence-electron chi connectivity index (χ4n) is 5.06. The number of Topliss-reactive ketones (excluding diaryl/α,β-unsaturated/α-hetero) is 1. The van der Waals surface area contributed by atoms with E-state index in [1.807, 2.05) is 12.1 Å². The van der Waals surface area contributed by atoms with E-state index in [0.29, 0.717) is 30.1 Å². The maximum atomic E-state index is 12.6. The third kappa shape index (κ3) is 3.40. The molecule has 0 amide bonds. The van der Waals surface area contributed by atoms with E-state index in [1.165, 1.54) is 0 Å². The van der Waals surface area contributed by atoms with Gasteiger partial charge in [-0.05, 0) is 60.7 Å². The lowest BCUT2D eigenvalue weighted by Gasteiger charge is -2.43. The van der Waals surface area contributed by atoms with Crippen LogP contribution in [0.4, 0.5) is 0 Å². The van der Waals surface area contributed by atoms with E-state index < -0.39 is 20.0 Å². The van der Waals surface area contributed by atoms with Crippen LogP contribution in [0.25, 0.3) is 0 Å². The topological polar surface area (TPSA) is 63.2 Å². The molecule has 7 heteroatoms. The molecule has 1 saturated heterocycles. The van der Waals surface area contributed by atoms with Crippen molar-refractivity contribution in [3.05, 3.63) is 28.8 Å². The molecule has 2 aliphatic heterocycles. The van der Waals surface area contributed by atoms with E-state index in [2.05, 4.69) is 33.9 Å². The van der Waals surface area contributed by atoms with E-state index in [1.54, 1.807) is 21.3 Å². The van der Waals surface area contributed by atoms with Gasteiger partial charge in [-0.3, -0.25) is 4.79 Å². The molecule has 1 fully saturated rings. The van der Waals surface area contributed by atoms with Crippen LogP contribution in [0.3, 0.4) is 0 Å². The minimum absolute atomic E-state index is 0.0777. The predicted molar refractivity (Wildman–Crippen MR) is 125 cm³/mol. The number of ether oxygens (including phenoxy) is 4. The van der Waals surface area contributed by atoms with E-state index >= 15 is 0 Å². The molecule has 6 nitrogen and oxygen atoms in total. The van der Waals surface area contributed by atoms with Crippen LogP contribution in [-0.4, -0.2) is 47.6 Å². The highest BCUT2D eigenvalue weighted by atomic mass is 28.4. The van der Waals surface area contributed by atoms with Crippen LogP contribution < -0.4 is 14.2 Å². The average Bonchev–Trinajstić information content (AvgIpc) is 3.01. The van der Waals surface area contributed by atoms with Crippen LogP contribution in [0.15, 0.2) is 17.7 Å². The van der Waals surface area contributed by atoms with Gasteiger partial charge in [0.15, 0.2) is 25.6 Å². The zero-order valence-corrected chi connectivity index (χ0v) is 21.6. The molecule has 3 atom stereocenters. The van der Waals surface area contributed by atoms with Crippen LogP contribution >= 0.6 is 0 Å². The minimum Gasteiger partial charge on any atom is -0.493 e. The number of carbonyl (C=O) groups excluding carboxylic acids is 1. The SMILES string of the molecule is COc1cc2c(c(OC)c1OC)[C@]13CCC(=O)[C@H](C=C1[C@@H](O[Si](C)(C)C(C)(C)C)CC2)O3. The van der Waals surface area contributed by atoms with Gasteiger partial charge in [-0.1, -0.05) is 20.8 Å². The molecule has 1 aliphatic carbocycles. The smallest absolute Gasteiger partial charge is 0.203 e. The first-order valence-corrected chi connectivity index (χ1v) is 14.3. The number of ketones is 1. The maximum absolute atomic E-state index is 12.6. The Morgan fingerprint density at radius 3 is 2.34 bits per heavy atom. The summed E-state index contributed by atoms with van der Waals surface area (Å²) in [6, 6.07) is 2.03. The minimum atomic E-state index is -2.06. The first-order chi connectivity index (χ1) is 15.0. The summed E-state index contributed by atoms with van der Waals surface area (Å²) in [5.41, 5.74) is 2.38. The standard InChI is InChI=1S/C25H36O6Si/c1-24(2,3)32(7,8)31-18-10-9-15-13-20(27-4)22(28-5)23(29-6)21(15)25-12-11-17(26)19(30-25)14-16(18)25/h13-14,18-19H,9-12H2,1-8H3/t18-,19-,25-/m0/s1. The summed E-state index contributed by atoms with van der Waals surface area (Å²) < 4.78 is 30.8. The molecule has 176 valence electrons. The van der Waals surface area contributed by atoms with Gasteiger partial charge in [0.2, 0.25) is 5.75 Å². The van der Waals surface area contributed by atoms with Gasteiger partial charge < -0.3 is 23.4 Å². The molecule has 1 spiro atoms. The number of hydrogen-bond donors (Lipinski definition) is 0. The number of hydrogen-bond acceptors (Lipinski definition) is 6. The third-order valence-corrected chi connectivity index (χ3v) is 12.2. The second kappa shape index (κ2) is 7.89. The number of aryl methyl sites for hydroxylation is 1. The van der Waals surface area contributed by atoms with Gasteiger partial charge >= 0.3 is 0 Å². The lowest BCUT2D eigenvalue weighted by molar-refractivity contribution is -0.145. The molecule has 2 heterocycles. The van der Waals surface area contributed by atoms with Crippen molar-refractivity contribution in [2.75, 3.05) is 21.3 Å². The molecule has 1 aromatic carbocycles. The number of rotatable bonds is 5. The summed E-state index contributed by atoms with van der Waals surface area (Å²) in [4.78, 5) is 12.6. The number of fused-ring (bicyclic) bond motifs is 2. The lowest BCUT2D eigenvalue weighted by Crippen LogP contribution is -2.46. The van der Waals surface area contributed by atoms with E-state index in [9.17, 15) is 4.79 Å². The second-order valence-corrected chi connectivity index (χ2v) is 15.3. The maximum Gasteiger partial charge on any atom is 0.203 e. The third-order valence-electron chi connectivity index (χ3n) is 7.75. The molecule has 0 saturated carbocycles. The summed E-state index contributed by atoms with van der Waals surface area (Å²) in [6.07, 6.45) is 4.04. The quantitative estimate of drug-likeness (QED) is 0.458. The molecule has 1 aromatic rings. The Labute approximate surface area is 192 Å². The van der Waals surface area contributed by atoms with Crippen LogP contribution in [0.2, 0.25) is 18.1 Å². The van der Waals surface area contributed by atoms with Crippen molar-refractivity contribution in [1.82, 2.24) is 0 Å². The Balaban J connectivity index is 1.91. The molecule has 4 rings (SSSR count). The first kappa shape index (κ1) is 23.3. The monoisotopic (exact) mass is 460 g/mol. The van der Waals surface area contributed by atoms with Crippen molar-refractivity contribution in [2.24, 2.45) is 0 Å². The number of carbonyl (C=O) groups is 1. The van der Waals surface area contributed by atoms with Crippen molar-refractivity contribution < 1.29 is 28.2 Å². The molecule has 2 bridgehead atoms. The normalized spacial score (nSPS) is 27.2. The molecule has 32 heavy (non-hydrogen) atoms. The molecule has 0 aromatic heterocycles. The zero-order chi connectivity index (χ0) is 23.5. The Hall–Kier alpha value is -1.83. The van der Waals surface area contributed by atoms with Gasteiger partial charge in [-0.15, -0.1) is 0 Å². The molecular formula is C25H36O6Si. The van der Waals surface area contributed by atoms with Gasteiger partial charge in [0, 0.05) is 12.0 Å². The molecule has 0 radical (unpaired) electrons. The van der Waals surface area contributed by atoms with Gasteiger partial charge in [-0.2, -0.15) is 0 Å². The van der Waals surface area contributed by atoms with Gasteiger partial charge in [0.05, 0.1) is 27.4 Å². The molecule has 0 unspecified atom stereocenters. The number of benzene rings is 1. The second-order valence-electron chi connectivity index (χ2n) is 10.5. The van der Waals surface area contributed by atoms with E-state index in [-0.39, 0.29) is 16.9 Å². The first-order valence-electron chi connectivity index (χ1n) is 11.4. The molecular weight excluding hydrogens is 424 g/mol. The van der Waals surface area contributed by atoms with Gasteiger partial charge in [0.25, 0.3) is 0 Å².